The van der Waals surface area contributed by atoms with Crippen LogP contribution < -0.4 is 5.56 Å². The van der Waals surface area contributed by atoms with Gasteiger partial charge in [-0.1, -0.05) is 0 Å². The highest BCUT2D eigenvalue weighted by Gasteiger charge is 2.42. The molecule has 1 saturated carbocycles. The lowest BCUT2D eigenvalue weighted by atomic mass is 10.1. The van der Waals surface area contributed by atoms with Gasteiger partial charge in [-0.2, -0.15) is 21.7 Å². The molecule has 0 saturated heterocycles. The molecule has 1 aliphatic carbocycles. The monoisotopic (exact) mass is 273 g/mol. The quantitative estimate of drug-likeness (QED) is 0.908. The first-order valence-electron chi connectivity index (χ1n) is 5.86. The van der Waals surface area contributed by atoms with Crippen LogP contribution in [0.25, 0.3) is 11.3 Å². The lowest BCUT2D eigenvalue weighted by Crippen LogP contribution is -2.32. The summed E-state index contributed by atoms with van der Waals surface area (Å²) in [5.74, 6) is -0.327. The van der Waals surface area contributed by atoms with Crippen molar-refractivity contribution in [3.05, 3.63) is 32.7 Å². The predicted molar refractivity (Wildman–Crippen MR) is 71.1 cm³/mol. The van der Waals surface area contributed by atoms with Gasteiger partial charge in [0.25, 0.3) is 5.56 Å². The Morgan fingerprint density at radius 2 is 2.32 bits per heavy atom. The van der Waals surface area contributed by atoms with Crippen LogP contribution in [0, 0.1) is 11.3 Å². The average Bonchev–Trinajstić information content (AvgIpc) is 2.92. The summed E-state index contributed by atoms with van der Waals surface area (Å²) >= 11 is 1.47. The van der Waals surface area contributed by atoms with Gasteiger partial charge in [-0.05, 0) is 31.2 Å². The van der Waals surface area contributed by atoms with E-state index in [1.807, 2.05) is 17.7 Å². The highest BCUT2D eigenvalue weighted by molar-refractivity contribution is 7.08. The zero-order valence-corrected chi connectivity index (χ0v) is 11.1. The third kappa shape index (κ3) is 1.74. The largest absolute Gasteiger partial charge is 0.504 e. The van der Waals surface area contributed by atoms with Crippen molar-refractivity contribution >= 4 is 11.3 Å². The summed E-state index contributed by atoms with van der Waals surface area (Å²) in [6.07, 6.45) is 1.72. The van der Waals surface area contributed by atoms with Crippen LogP contribution in [0.4, 0.5) is 0 Å². The van der Waals surface area contributed by atoms with Crippen molar-refractivity contribution in [1.82, 2.24) is 9.78 Å². The van der Waals surface area contributed by atoms with Crippen LogP contribution in [0.3, 0.4) is 0 Å². The van der Waals surface area contributed by atoms with Gasteiger partial charge in [0, 0.05) is 10.9 Å². The molecule has 0 aromatic carbocycles. The molecule has 1 fully saturated rings. The molecule has 0 radical (unpaired) electrons. The topological polar surface area (TPSA) is 78.9 Å². The Morgan fingerprint density at radius 3 is 2.84 bits per heavy atom. The fraction of sp³-hybridized carbons (Fsp3) is 0.308. The van der Waals surface area contributed by atoms with E-state index in [9.17, 15) is 9.90 Å². The molecule has 0 spiro atoms. The molecular weight excluding hydrogens is 262 g/mol. The van der Waals surface area contributed by atoms with Crippen LogP contribution in [0.5, 0.6) is 5.75 Å². The van der Waals surface area contributed by atoms with Gasteiger partial charge in [0.1, 0.15) is 11.8 Å². The molecule has 0 amide bonds. The molecule has 19 heavy (non-hydrogen) atoms. The molecule has 0 aliphatic heterocycles. The Balaban J connectivity index is 2.32. The van der Waals surface area contributed by atoms with Crippen molar-refractivity contribution in [2.45, 2.75) is 25.3 Å². The number of hydrogen-bond donors (Lipinski definition) is 1. The van der Waals surface area contributed by atoms with E-state index in [1.54, 1.807) is 12.1 Å². The minimum Gasteiger partial charge on any atom is -0.504 e. The highest BCUT2D eigenvalue weighted by atomic mass is 32.1. The van der Waals surface area contributed by atoms with Gasteiger partial charge >= 0.3 is 0 Å². The van der Waals surface area contributed by atoms with Gasteiger partial charge in [0.15, 0.2) is 11.3 Å². The fourth-order valence-electron chi connectivity index (χ4n) is 1.97. The summed E-state index contributed by atoms with van der Waals surface area (Å²) in [6, 6.07) is 3.59. The van der Waals surface area contributed by atoms with Gasteiger partial charge in [-0.25, -0.2) is 4.68 Å². The zero-order chi connectivity index (χ0) is 13.6. The maximum atomic E-state index is 12.1. The van der Waals surface area contributed by atoms with Crippen molar-refractivity contribution in [3.63, 3.8) is 0 Å². The molecule has 0 bridgehead atoms. The Morgan fingerprint density at radius 1 is 1.58 bits per heavy atom. The average molecular weight is 273 g/mol. The highest BCUT2D eigenvalue weighted by Crippen LogP contribution is 2.42. The third-order valence-electron chi connectivity index (χ3n) is 3.46. The fourth-order valence-corrected chi connectivity index (χ4v) is 2.61. The predicted octanol–water partition coefficient (Wildman–Crippen LogP) is 2.06. The minimum absolute atomic E-state index is 0.232. The zero-order valence-electron chi connectivity index (χ0n) is 10.3. The molecule has 96 valence electrons. The number of rotatable bonds is 2. The van der Waals surface area contributed by atoms with Crippen molar-refractivity contribution in [1.29, 1.82) is 5.26 Å². The second-order valence-corrected chi connectivity index (χ2v) is 5.69. The number of nitriles is 1. The van der Waals surface area contributed by atoms with Crippen LogP contribution in [-0.2, 0) is 5.54 Å². The normalized spacial score (nSPS) is 16.0. The van der Waals surface area contributed by atoms with E-state index in [-0.39, 0.29) is 16.9 Å². The second kappa shape index (κ2) is 3.93. The van der Waals surface area contributed by atoms with Gasteiger partial charge < -0.3 is 5.11 Å². The van der Waals surface area contributed by atoms with E-state index < -0.39 is 5.56 Å². The first kappa shape index (κ1) is 11.9. The van der Waals surface area contributed by atoms with Crippen LogP contribution in [0.2, 0.25) is 0 Å². The summed E-state index contributed by atoms with van der Waals surface area (Å²) in [5.41, 5.74) is -0.0490. The second-order valence-electron chi connectivity index (χ2n) is 4.91. The van der Waals surface area contributed by atoms with Crippen LogP contribution in [0.15, 0.2) is 21.6 Å². The summed E-state index contributed by atoms with van der Waals surface area (Å²) in [5, 5.41) is 27.1. The third-order valence-corrected chi connectivity index (χ3v) is 4.14. The Hall–Kier alpha value is -2.13. The van der Waals surface area contributed by atoms with Crippen LogP contribution in [-0.4, -0.2) is 14.9 Å². The summed E-state index contributed by atoms with van der Waals surface area (Å²) in [7, 11) is 0. The Bertz CT molecular complexity index is 736. The maximum absolute atomic E-state index is 12.1. The van der Waals surface area contributed by atoms with E-state index in [4.69, 9.17) is 5.26 Å². The first-order valence-corrected chi connectivity index (χ1v) is 6.80. The smallest absolute Gasteiger partial charge is 0.289 e. The molecule has 1 aliphatic rings. The molecule has 3 rings (SSSR count). The molecule has 2 heterocycles. The van der Waals surface area contributed by atoms with Gasteiger partial charge in [-0.15, -0.1) is 0 Å². The van der Waals surface area contributed by atoms with E-state index in [1.165, 1.54) is 16.0 Å². The van der Waals surface area contributed by atoms with E-state index in [0.29, 0.717) is 5.69 Å². The summed E-state index contributed by atoms with van der Waals surface area (Å²) in [6.45, 7) is 1.93. The molecule has 0 unspecified atom stereocenters. The van der Waals surface area contributed by atoms with E-state index in [0.717, 1.165) is 18.4 Å². The van der Waals surface area contributed by atoms with Gasteiger partial charge in [-0.3, -0.25) is 4.79 Å². The minimum atomic E-state index is -0.515. The van der Waals surface area contributed by atoms with Crippen molar-refractivity contribution in [2.75, 3.05) is 0 Å². The molecule has 2 aromatic rings. The molecule has 2 aromatic heterocycles. The number of thiophene rings is 1. The van der Waals surface area contributed by atoms with Crippen LogP contribution >= 0.6 is 11.3 Å². The Kier molecular flexibility index (Phi) is 2.47. The lowest BCUT2D eigenvalue weighted by Gasteiger charge is -2.14. The number of nitrogens with zero attached hydrogens (tertiary/aromatic N) is 3. The SMILES string of the molecule is CC1(n2nc(-c3ccsc3)c(O)c(C#N)c2=O)CC1. The number of aromatic nitrogens is 2. The molecular formula is C13H11N3O2S. The number of hydrogen-bond acceptors (Lipinski definition) is 5. The lowest BCUT2D eigenvalue weighted by molar-refractivity contribution is 0.423. The van der Waals surface area contributed by atoms with Crippen molar-refractivity contribution < 1.29 is 5.11 Å². The summed E-state index contributed by atoms with van der Waals surface area (Å²) < 4.78 is 1.35. The van der Waals surface area contributed by atoms with Crippen molar-refractivity contribution in [3.8, 4) is 23.1 Å². The summed E-state index contributed by atoms with van der Waals surface area (Å²) in [4.78, 5) is 12.1. The molecule has 1 N–H and O–H groups in total. The van der Waals surface area contributed by atoms with Crippen molar-refractivity contribution in [2.24, 2.45) is 0 Å². The van der Waals surface area contributed by atoms with Crippen LogP contribution in [0.1, 0.15) is 25.3 Å². The maximum Gasteiger partial charge on any atom is 0.289 e. The van der Waals surface area contributed by atoms with Gasteiger partial charge in [0.2, 0.25) is 0 Å². The molecule has 0 atom stereocenters. The standard InChI is InChI=1S/C13H11N3O2S/c1-13(3-4-13)16-12(18)9(6-14)11(17)10(15-16)8-2-5-19-7-8/h2,5,7,17H,3-4H2,1H3. The van der Waals surface area contributed by atoms with E-state index in [2.05, 4.69) is 5.10 Å². The van der Waals surface area contributed by atoms with Gasteiger partial charge in [0.05, 0.1) is 5.54 Å². The molecule has 6 heteroatoms. The first-order chi connectivity index (χ1) is 9.07. The molecule has 5 nitrogen and oxygen atoms in total. The van der Waals surface area contributed by atoms with E-state index >= 15 is 0 Å². The Labute approximate surface area is 113 Å². The number of aromatic hydroxyl groups is 1.